The topological polar surface area (TPSA) is 89.2 Å². The number of anilines is 3. The zero-order valence-electron chi connectivity index (χ0n) is 12.5. The molecule has 20 heavy (non-hydrogen) atoms. The molecule has 1 aromatic rings. The van der Waals surface area contributed by atoms with E-state index in [4.69, 9.17) is 10.5 Å². The number of nitrogens with one attached hydrogen (secondary N) is 1. The fourth-order valence-electron chi connectivity index (χ4n) is 2.04. The lowest BCUT2D eigenvalue weighted by Crippen LogP contribution is -2.38. The third-order valence-corrected chi connectivity index (χ3v) is 3.91. The van der Waals surface area contributed by atoms with Crippen molar-refractivity contribution in [3.8, 4) is 0 Å². The lowest BCUT2D eigenvalue weighted by molar-refractivity contribution is 0.122. The van der Waals surface area contributed by atoms with E-state index < -0.39 is 0 Å². The molecular formula is C13H24N6O. The highest BCUT2D eigenvalue weighted by Crippen LogP contribution is 2.21. The minimum Gasteiger partial charge on any atom is -0.378 e. The van der Waals surface area contributed by atoms with Crippen molar-refractivity contribution < 1.29 is 4.74 Å². The number of hydrogen-bond donors (Lipinski definition) is 2. The largest absolute Gasteiger partial charge is 0.378 e. The van der Waals surface area contributed by atoms with E-state index >= 15 is 0 Å². The van der Waals surface area contributed by atoms with Crippen LogP contribution in [0.3, 0.4) is 0 Å². The molecule has 0 radical (unpaired) electrons. The molecule has 0 amide bonds. The van der Waals surface area contributed by atoms with Crippen molar-refractivity contribution in [2.24, 2.45) is 0 Å². The Morgan fingerprint density at radius 1 is 1.20 bits per heavy atom. The maximum absolute atomic E-state index is 5.81. The van der Waals surface area contributed by atoms with E-state index in [1.807, 2.05) is 0 Å². The Kier molecular flexibility index (Phi) is 4.59. The molecule has 1 fully saturated rings. The standard InChI is InChI=1S/C13H24N6O/c1-4-13(3,5-2)18-11-15-10(14)16-12(17-11)19-6-8-20-9-7-19/h4-9H2,1-3H3,(H3,14,15,16,17,18). The Hall–Kier alpha value is -1.63. The summed E-state index contributed by atoms with van der Waals surface area (Å²) in [4.78, 5) is 15.0. The number of ether oxygens (including phenoxy) is 1. The van der Waals surface area contributed by atoms with Gasteiger partial charge in [0.05, 0.1) is 13.2 Å². The molecule has 0 spiro atoms. The highest BCUT2D eigenvalue weighted by Gasteiger charge is 2.22. The average Bonchev–Trinajstić information content (AvgIpc) is 2.47. The molecule has 2 heterocycles. The zero-order chi connectivity index (χ0) is 14.6. The monoisotopic (exact) mass is 280 g/mol. The maximum Gasteiger partial charge on any atom is 0.232 e. The highest BCUT2D eigenvalue weighted by atomic mass is 16.5. The normalized spacial score (nSPS) is 16.2. The fourth-order valence-corrected chi connectivity index (χ4v) is 2.04. The van der Waals surface area contributed by atoms with Crippen LogP contribution in [0.15, 0.2) is 0 Å². The molecule has 0 unspecified atom stereocenters. The predicted octanol–water partition coefficient (Wildman–Crippen LogP) is 1.28. The van der Waals surface area contributed by atoms with E-state index in [0.717, 1.165) is 25.9 Å². The third-order valence-electron chi connectivity index (χ3n) is 3.91. The van der Waals surface area contributed by atoms with Crippen LogP contribution in [0.1, 0.15) is 33.6 Å². The van der Waals surface area contributed by atoms with Gasteiger partial charge in [-0.1, -0.05) is 13.8 Å². The molecule has 2 rings (SSSR count). The van der Waals surface area contributed by atoms with Gasteiger partial charge in [0.15, 0.2) is 0 Å². The van der Waals surface area contributed by atoms with Crippen LogP contribution < -0.4 is 16.0 Å². The summed E-state index contributed by atoms with van der Waals surface area (Å²) in [6, 6.07) is 0. The molecule has 0 bridgehead atoms. The quantitative estimate of drug-likeness (QED) is 0.839. The van der Waals surface area contributed by atoms with E-state index in [1.165, 1.54) is 0 Å². The number of nitrogens with two attached hydrogens (primary N) is 1. The van der Waals surface area contributed by atoms with Gasteiger partial charge in [-0.15, -0.1) is 0 Å². The molecular weight excluding hydrogens is 256 g/mol. The van der Waals surface area contributed by atoms with Gasteiger partial charge in [0, 0.05) is 18.6 Å². The number of hydrogen-bond acceptors (Lipinski definition) is 7. The van der Waals surface area contributed by atoms with E-state index in [-0.39, 0.29) is 11.5 Å². The molecule has 1 aliphatic heterocycles. The van der Waals surface area contributed by atoms with Crippen LogP contribution in [-0.4, -0.2) is 46.8 Å². The van der Waals surface area contributed by atoms with Crippen LogP contribution in [0, 0.1) is 0 Å². The summed E-state index contributed by atoms with van der Waals surface area (Å²) in [6.07, 6.45) is 1.98. The number of nitrogen functional groups attached to an aromatic ring is 1. The molecule has 3 N–H and O–H groups in total. The van der Waals surface area contributed by atoms with Crippen molar-refractivity contribution in [3.63, 3.8) is 0 Å². The molecule has 1 aromatic heterocycles. The molecule has 0 aliphatic carbocycles. The molecule has 112 valence electrons. The van der Waals surface area contributed by atoms with Gasteiger partial charge in [0.1, 0.15) is 0 Å². The lowest BCUT2D eigenvalue weighted by Gasteiger charge is -2.30. The zero-order valence-corrected chi connectivity index (χ0v) is 12.5. The van der Waals surface area contributed by atoms with E-state index in [0.29, 0.717) is 25.1 Å². The minimum absolute atomic E-state index is 0.0317. The Labute approximate surface area is 119 Å². The summed E-state index contributed by atoms with van der Waals surface area (Å²) in [7, 11) is 0. The van der Waals surface area contributed by atoms with Crippen LogP contribution >= 0.6 is 0 Å². The number of aromatic nitrogens is 3. The summed E-state index contributed by atoms with van der Waals surface area (Å²) in [5.74, 6) is 1.42. The summed E-state index contributed by atoms with van der Waals surface area (Å²) in [6.45, 7) is 9.38. The number of morpholine rings is 1. The van der Waals surface area contributed by atoms with Gasteiger partial charge in [0.25, 0.3) is 0 Å². The second kappa shape index (κ2) is 6.21. The molecule has 0 atom stereocenters. The van der Waals surface area contributed by atoms with Gasteiger partial charge in [-0.05, 0) is 19.8 Å². The third kappa shape index (κ3) is 3.47. The molecule has 7 heteroatoms. The summed E-state index contributed by atoms with van der Waals surface area (Å²) in [5.41, 5.74) is 5.78. The first-order valence-electron chi connectivity index (χ1n) is 7.19. The van der Waals surface area contributed by atoms with Crippen LogP contribution in [0.25, 0.3) is 0 Å². The van der Waals surface area contributed by atoms with Gasteiger partial charge in [-0.3, -0.25) is 0 Å². The number of nitrogens with zero attached hydrogens (tertiary/aromatic N) is 4. The minimum atomic E-state index is -0.0317. The Morgan fingerprint density at radius 3 is 2.45 bits per heavy atom. The van der Waals surface area contributed by atoms with Crippen LogP contribution in [0.2, 0.25) is 0 Å². The Balaban J connectivity index is 2.19. The average molecular weight is 280 g/mol. The van der Waals surface area contributed by atoms with Crippen molar-refractivity contribution in [2.45, 2.75) is 39.2 Å². The molecule has 7 nitrogen and oxygen atoms in total. The van der Waals surface area contributed by atoms with Crippen LogP contribution in [-0.2, 0) is 4.74 Å². The Morgan fingerprint density at radius 2 is 1.85 bits per heavy atom. The van der Waals surface area contributed by atoms with Gasteiger partial charge in [0.2, 0.25) is 17.8 Å². The second-order valence-electron chi connectivity index (χ2n) is 5.31. The smallest absolute Gasteiger partial charge is 0.232 e. The van der Waals surface area contributed by atoms with E-state index in [9.17, 15) is 0 Å². The first-order valence-corrected chi connectivity index (χ1v) is 7.19. The second-order valence-corrected chi connectivity index (χ2v) is 5.31. The van der Waals surface area contributed by atoms with Crippen LogP contribution in [0.5, 0.6) is 0 Å². The molecule has 1 aliphatic rings. The van der Waals surface area contributed by atoms with Crippen molar-refractivity contribution in [1.29, 1.82) is 0 Å². The summed E-state index contributed by atoms with van der Waals surface area (Å²) >= 11 is 0. The first-order chi connectivity index (χ1) is 9.56. The van der Waals surface area contributed by atoms with Crippen molar-refractivity contribution in [2.75, 3.05) is 42.3 Å². The SMILES string of the molecule is CCC(C)(CC)Nc1nc(N)nc(N2CCOCC2)n1. The highest BCUT2D eigenvalue weighted by molar-refractivity contribution is 5.43. The van der Waals surface area contributed by atoms with Crippen molar-refractivity contribution in [1.82, 2.24) is 15.0 Å². The summed E-state index contributed by atoms with van der Waals surface area (Å²) < 4.78 is 5.34. The predicted molar refractivity (Wildman–Crippen MR) is 79.9 cm³/mol. The molecule has 1 saturated heterocycles. The Bertz CT molecular complexity index is 442. The molecule has 0 aromatic carbocycles. The maximum atomic E-state index is 5.81. The van der Waals surface area contributed by atoms with Crippen molar-refractivity contribution >= 4 is 17.8 Å². The molecule has 0 saturated carbocycles. The number of rotatable bonds is 5. The van der Waals surface area contributed by atoms with Crippen molar-refractivity contribution in [3.05, 3.63) is 0 Å². The first kappa shape index (κ1) is 14.8. The fraction of sp³-hybridized carbons (Fsp3) is 0.769. The van der Waals surface area contributed by atoms with E-state index in [2.05, 4.69) is 45.9 Å². The summed E-state index contributed by atoms with van der Waals surface area (Å²) in [5, 5.41) is 3.37. The van der Waals surface area contributed by atoms with Gasteiger partial charge >= 0.3 is 0 Å². The lowest BCUT2D eigenvalue weighted by atomic mass is 9.96. The van der Waals surface area contributed by atoms with Gasteiger partial charge in [-0.2, -0.15) is 15.0 Å². The van der Waals surface area contributed by atoms with E-state index in [1.54, 1.807) is 0 Å². The van der Waals surface area contributed by atoms with Crippen LogP contribution in [0.4, 0.5) is 17.8 Å². The van der Waals surface area contributed by atoms with Gasteiger partial charge in [-0.25, -0.2) is 0 Å². The van der Waals surface area contributed by atoms with Gasteiger partial charge < -0.3 is 20.7 Å².